The van der Waals surface area contributed by atoms with Gasteiger partial charge in [0.15, 0.2) is 12.4 Å². The maximum atomic E-state index is 13.1. The number of imide groups is 1. The van der Waals surface area contributed by atoms with E-state index in [1.165, 1.54) is 29.2 Å². The van der Waals surface area contributed by atoms with E-state index in [-0.39, 0.29) is 36.0 Å². The van der Waals surface area contributed by atoms with Crippen molar-refractivity contribution in [1.29, 1.82) is 0 Å². The van der Waals surface area contributed by atoms with Gasteiger partial charge in [0.25, 0.3) is 0 Å². The summed E-state index contributed by atoms with van der Waals surface area (Å²) in [5.41, 5.74) is 0.728. The predicted molar refractivity (Wildman–Crippen MR) is 103 cm³/mol. The molecule has 148 valence electrons. The molecular weight excluding hydrogens is 373 g/mol. The van der Waals surface area contributed by atoms with Gasteiger partial charge in [0, 0.05) is 5.56 Å². The Labute approximate surface area is 167 Å². The Morgan fingerprint density at radius 3 is 2.24 bits per heavy atom. The molecule has 4 atom stereocenters. The summed E-state index contributed by atoms with van der Waals surface area (Å²) in [6.45, 7) is -0.267. The largest absolute Gasteiger partial charge is 0.483 e. The zero-order valence-electron chi connectivity index (χ0n) is 15.7. The highest BCUT2D eigenvalue weighted by Gasteiger charge is 2.61. The molecule has 0 N–H and O–H groups in total. The first-order valence-electron chi connectivity index (χ1n) is 9.93. The van der Waals surface area contributed by atoms with Gasteiger partial charge in [-0.25, -0.2) is 9.29 Å². The topological polar surface area (TPSA) is 63.7 Å². The first kappa shape index (κ1) is 18.0. The molecule has 2 amide bonds. The van der Waals surface area contributed by atoms with Crippen molar-refractivity contribution in [1.82, 2.24) is 0 Å². The molecule has 0 spiro atoms. The molecule has 0 aromatic heterocycles. The molecule has 1 heterocycles. The van der Waals surface area contributed by atoms with Crippen molar-refractivity contribution in [2.45, 2.75) is 19.3 Å². The minimum absolute atomic E-state index is 0.145. The fourth-order valence-electron chi connectivity index (χ4n) is 5.27. The number of para-hydroxylation sites is 2. The van der Waals surface area contributed by atoms with Gasteiger partial charge in [-0.15, -0.1) is 0 Å². The average molecular weight is 393 g/mol. The van der Waals surface area contributed by atoms with Crippen LogP contribution in [0, 0.1) is 29.5 Å². The van der Waals surface area contributed by atoms with Gasteiger partial charge in [-0.1, -0.05) is 12.1 Å². The van der Waals surface area contributed by atoms with E-state index < -0.39 is 5.82 Å². The molecule has 2 aromatic carbocycles. The fraction of sp³-hybridized carbons (Fsp3) is 0.348. The lowest BCUT2D eigenvalue weighted by atomic mass is 9.81. The summed E-state index contributed by atoms with van der Waals surface area (Å²) in [6, 6.07) is 12.0. The minimum Gasteiger partial charge on any atom is -0.483 e. The van der Waals surface area contributed by atoms with Crippen molar-refractivity contribution < 1.29 is 23.5 Å². The summed E-state index contributed by atoms with van der Waals surface area (Å²) >= 11 is 0. The Hall–Kier alpha value is -3.02. The third-order valence-electron chi connectivity index (χ3n) is 6.56. The third-order valence-corrected chi connectivity index (χ3v) is 6.56. The van der Waals surface area contributed by atoms with Crippen LogP contribution in [0.1, 0.15) is 29.6 Å². The van der Waals surface area contributed by atoms with Gasteiger partial charge in [-0.3, -0.25) is 14.4 Å². The molecule has 2 aliphatic carbocycles. The Balaban J connectivity index is 1.37. The quantitative estimate of drug-likeness (QED) is 0.575. The number of ketones is 1. The van der Waals surface area contributed by atoms with Crippen LogP contribution in [0.4, 0.5) is 10.1 Å². The van der Waals surface area contributed by atoms with E-state index in [2.05, 4.69) is 0 Å². The lowest BCUT2D eigenvalue weighted by Crippen LogP contribution is -2.33. The highest BCUT2D eigenvalue weighted by molar-refractivity contribution is 6.23. The highest BCUT2D eigenvalue weighted by atomic mass is 19.1. The number of hydrogen-bond donors (Lipinski definition) is 0. The Morgan fingerprint density at radius 2 is 1.59 bits per heavy atom. The van der Waals surface area contributed by atoms with Crippen LogP contribution in [-0.4, -0.2) is 24.2 Å². The molecule has 2 bridgehead atoms. The Bertz CT molecular complexity index is 974. The zero-order valence-corrected chi connectivity index (χ0v) is 15.7. The first-order valence-corrected chi connectivity index (χ1v) is 9.93. The monoisotopic (exact) mass is 393 g/mol. The van der Waals surface area contributed by atoms with E-state index in [0.717, 1.165) is 19.3 Å². The average Bonchev–Trinajstić information content (AvgIpc) is 3.41. The van der Waals surface area contributed by atoms with Crippen LogP contribution in [0.15, 0.2) is 48.5 Å². The summed E-state index contributed by atoms with van der Waals surface area (Å²) in [4.78, 5) is 39.8. The van der Waals surface area contributed by atoms with E-state index >= 15 is 0 Å². The van der Waals surface area contributed by atoms with Crippen molar-refractivity contribution in [2.24, 2.45) is 23.7 Å². The van der Waals surface area contributed by atoms with Gasteiger partial charge in [-0.2, -0.15) is 0 Å². The minimum atomic E-state index is -0.418. The van der Waals surface area contributed by atoms with Crippen molar-refractivity contribution >= 4 is 23.3 Å². The van der Waals surface area contributed by atoms with Gasteiger partial charge >= 0.3 is 0 Å². The lowest BCUT2D eigenvalue weighted by molar-refractivity contribution is -0.123. The highest BCUT2D eigenvalue weighted by Crippen LogP contribution is 2.57. The number of amides is 2. The molecule has 0 unspecified atom stereocenters. The standard InChI is InChI=1S/C23H20FNO4/c24-16-9-7-13(8-10-16)18(26)12-29-19-4-2-1-3-17(19)25-22(27)20-14-5-6-15(11-14)21(20)23(25)28/h1-4,7-10,14-15,20-21H,5-6,11-12H2/t14-,15-,20+,21+/m1/s1. The fourth-order valence-corrected chi connectivity index (χ4v) is 5.27. The number of carbonyl (C=O) groups excluding carboxylic acids is 3. The molecule has 2 aromatic rings. The van der Waals surface area contributed by atoms with E-state index in [1.54, 1.807) is 24.3 Å². The summed E-state index contributed by atoms with van der Waals surface area (Å²) in [5.74, 6) is -0.519. The van der Waals surface area contributed by atoms with Crippen molar-refractivity contribution in [3.8, 4) is 5.75 Å². The number of benzene rings is 2. The molecule has 3 aliphatic rings. The van der Waals surface area contributed by atoms with Crippen LogP contribution in [-0.2, 0) is 9.59 Å². The summed E-state index contributed by atoms with van der Waals surface area (Å²) in [5, 5.41) is 0. The van der Waals surface area contributed by atoms with E-state index in [4.69, 9.17) is 4.74 Å². The third kappa shape index (κ3) is 2.85. The van der Waals surface area contributed by atoms with Gasteiger partial charge in [0.2, 0.25) is 11.8 Å². The van der Waals surface area contributed by atoms with E-state index in [1.807, 2.05) is 0 Å². The lowest BCUT2D eigenvalue weighted by Gasteiger charge is -2.20. The van der Waals surface area contributed by atoms with Gasteiger partial charge in [-0.05, 0) is 67.5 Å². The van der Waals surface area contributed by atoms with Crippen LogP contribution in [0.3, 0.4) is 0 Å². The zero-order chi connectivity index (χ0) is 20.1. The number of rotatable bonds is 5. The van der Waals surface area contributed by atoms with E-state index in [0.29, 0.717) is 28.8 Å². The molecule has 5 rings (SSSR count). The smallest absolute Gasteiger partial charge is 0.238 e. The molecule has 1 saturated heterocycles. The SMILES string of the molecule is O=C(COc1ccccc1N1C(=O)[C@H]2[C@@H]3CC[C@H](C3)[C@@H]2C1=O)c1ccc(F)cc1. The number of ether oxygens (including phenoxy) is 1. The predicted octanol–water partition coefficient (Wildman–Crippen LogP) is 3.62. The first-order chi connectivity index (χ1) is 14.0. The number of Topliss-reactive ketones (excluding diaryl/α,β-unsaturated/α-hetero) is 1. The molecular formula is C23H20FNO4. The number of carbonyl (C=O) groups is 3. The molecule has 29 heavy (non-hydrogen) atoms. The summed E-state index contributed by atoms with van der Waals surface area (Å²) in [6.07, 6.45) is 3.01. The second-order valence-corrected chi connectivity index (χ2v) is 8.08. The van der Waals surface area contributed by atoms with Gasteiger partial charge < -0.3 is 4.74 Å². The second kappa shape index (κ2) is 6.79. The van der Waals surface area contributed by atoms with Crippen molar-refractivity contribution in [3.05, 3.63) is 59.9 Å². The molecule has 0 radical (unpaired) electrons. The molecule has 2 saturated carbocycles. The Morgan fingerprint density at radius 1 is 0.966 bits per heavy atom. The van der Waals surface area contributed by atoms with Gasteiger partial charge in [0.1, 0.15) is 11.6 Å². The van der Waals surface area contributed by atoms with Crippen molar-refractivity contribution in [2.75, 3.05) is 11.5 Å². The summed E-state index contributed by atoms with van der Waals surface area (Å²) in [7, 11) is 0. The maximum absolute atomic E-state index is 13.1. The number of anilines is 1. The number of fused-ring (bicyclic) bond motifs is 5. The number of hydrogen-bond acceptors (Lipinski definition) is 4. The normalized spacial score (nSPS) is 27.4. The van der Waals surface area contributed by atoms with Crippen LogP contribution in [0.25, 0.3) is 0 Å². The van der Waals surface area contributed by atoms with Crippen LogP contribution < -0.4 is 9.64 Å². The van der Waals surface area contributed by atoms with Crippen LogP contribution >= 0.6 is 0 Å². The van der Waals surface area contributed by atoms with Crippen LogP contribution in [0.2, 0.25) is 0 Å². The van der Waals surface area contributed by atoms with Gasteiger partial charge in [0.05, 0.1) is 17.5 Å². The molecule has 1 aliphatic heterocycles. The van der Waals surface area contributed by atoms with Crippen LogP contribution in [0.5, 0.6) is 5.75 Å². The molecule has 6 heteroatoms. The number of halogens is 1. The number of nitrogens with zero attached hydrogens (tertiary/aromatic N) is 1. The molecule has 5 nitrogen and oxygen atoms in total. The maximum Gasteiger partial charge on any atom is 0.238 e. The summed E-state index contributed by atoms with van der Waals surface area (Å²) < 4.78 is 18.7. The van der Waals surface area contributed by atoms with Crippen molar-refractivity contribution in [3.63, 3.8) is 0 Å². The second-order valence-electron chi connectivity index (χ2n) is 8.08. The molecule has 3 fully saturated rings. The van der Waals surface area contributed by atoms with E-state index in [9.17, 15) is 18.8 Å². The Kier molecular flexibility index (Phi) is 4.23.